The fourth-order valence-electron chi connectivity index (χ4n) is 4.72. The Kier molecular flexibility index (Phi) is 10.1. The van der Waals surface area contributed by atoms with Gasteiger partial charge in [-0.2, -0.15) is 0 Å². The second-order valence-electron chi connectivity index (χ2n) is 10.3. The molecule has 3 aromatic rings. The first kappa shape index (κ1) is 31.6. The van der Waals surface area contributed by atoms with Crippen LogP contribution in [0.2, 0.25) is 0 Å². The summed E-state index contributed by atoms with van der Waals surface area (Å²) in [7, 11) is -2.85. The number of fused-ring (bicyclic) bond motifs is 1. The molecule has 43 heavy (non-hydrogen) atoms. The van der Waals surface area contributed by atoms with Gasteiger partial charge in [0.1, 0.15) is 37.4 Å². The highest BCUT2D eigenvalue weighted by Crippen LogP contribution is 2.34. The van der Waals surface area contributed by atoms with Gasteiger partial charge in [0, 0.05) is 18.7 Å². The molecule has 1 aliphatic rings. The number of anilines is 1. The molecule has 0 bridgehead atoms. The molecule has 1 heterocycles. The van der Waals surface area contributed by atoms with Crippen molar-refractivity contribution in [1.29, 1.82) is 0 Å². The fourth-order valence-corrected chi connectivity index (χ4v) is 6.15. The molecule has 2 amide bonds. The molecule has 10 nitrogen and oxygen atoms in total. The lowest BCUT2D eigenvalue weighted by atomic mass is 10.1. The van der Waals surface area contributed by atoms with E-state index in [-0.39, 0.29) is 47.9 Å². The van der Waals surface area contributed by atoms with Crippen LogP contribution in [0.25, 0.3) is 0 Å². The SMILES string of the molecule is CCC(C(=O)NC(C)C)N(Cc1cccc(OC)c1)C(=O)CN(c1ccc(F)cc1)S(=O)(=O)c1ccc2c(c1)OCCO2. The molecule has 0 fully saturated rings. The normalized spacial score (nSPS) is 13.3. The first-order valence-electron chi connectivity index (χ1n) is 13.9. The molecule has 230 valence electrons. The second kappa shape index (κ2) is 13.8. The van der Waals surface area contributed by atoms with Crippen LogP contribution in [-0.2, 0) is 26.2 Å². The number of carbonyl (C=O) groups is 2. The molecule has 3 aromatic carbocycles. The molecular weight excluding hydrogens is 577 g/mol. The maximum absolute atomic E-state index is 14.1. The zero-order chi connectivity index (χ0) is 31.1. The van der Waals surface area contributed by atoms with Gasteiger partial charge in [-0.05, 0) is 74.4 Å². The van der Waals surface area contributed by atoms with Crippen molar-refractivity contribution in [1.82, 2.24) is 10.2 Å². The lowest BCUT2D eigenvalue weighted by Crippen LogP contribution is -2.53. The smallest absolute Gasteiger partial charge is 0.264 e. The van der Waals surface area contributed by atoms with E-state index >= 15 is 0 Å². The van der Waals surface area contributed by atoms with Gasteiger partial charge in [-0.3, -0.25) is 13.9 Å². The maximum Gasteiger partial charge on any atom is 0.264 e. The third kappa shape index (κ3) is 7.56. The highest BCUT2D eigenvalue weighted by atomic mass is 32.2. The van der Waals surface area contributed by atoms with Crippen molar-refractivity contribution in [2.24, 2.45) is 0 Å². The van der Waals surface area contributed by atoms with Gasteiger partial charge in [-0.25, -0.2) is 12.8 Å². The van der Waals surface area contributed by atoms with Gasteiger partial charge in [0.25, 0.3) is 10.0 Å². The highest BCUT2D eigenvalue weighted by Gasteiger charge is 2.34. The molecule has 0 radical (unpaired) electrons. The number of halogens is 1. The van der Waals surface area contributed by atoms with Crippen LogP contribution in [0.3, 0.4) is 0 Å². The van der Waals surface area contributed by atoms with Crippen LogP contribution in [0, 0.1) is 5.82 Å². The Hall–Kier alpha value is -4.32. The summed E-state index contributed by atoms with van der Waals surface area (Å²) in [6, 6.07) is 15.0. The average molecular weight is 614 g/mol. The number of nitrogens with one attached hydrogen (secondary N) is 1. The zero-order valence-electron chi connectivity index (χ0n) is 24.6. The topological polar surface area (TPSA) is 114 Å². The van der Waals surface area contributed by atoms with E-state index in [0.717, 1.165) is 16.4 Å². The minimum Gasteiger partial charge on any atom is -0.497 e. The molecule has 0 saturated carbocycles. The third-order valence-electron chi connectivity index (χ3n) is 6.80. The molecule has 4 rings (SSSR count). The number of ether oxygens (including phenoxy) is 3. The molecule has 1 unspecified atom stereocenters. The van der Waals surface area contributed by atoms with Crippen molar-refractivity contribution in [2.75, 3.05) is 31.2 Å². The minimum absolute atomic E-state index is 0.0153. The lowest BCUT2D eigenvalue weighted by Gasteiger charge is -2.33. The quantitative estimate of drug-likeness (QED) is 0.327. The Balaban J connectivity index is 1.75. The predicted octanol–water partition coefficient (Wildman–Crippen LogP) is 4.13. The number of benzene rings is 3. The Morgan fingerprint density at radius 1 is 1.00 bits per heavy atom. The van der Waals surface area contributed by atoms with E-state index in [9.17, 15) is 22.4 Å². The second-order valence-corrected chi connectivity index (χ2v) is 12.1. The summed E-state index contributed by atoms with van der Waals surface area (Å²) < 4.78 is 59.4. The third-order valence-corrected chi connectivity index (χ3v) is 8.57. The van der Waals surface area contributed by atoms with Gasteiger partial charge in [-0.1, -0.05) is 19.1 Å². The molecule has 0 aromatic heterocycles. The van der Waals surface area contributed by atoms with Crippen LogP contribution >= 0.6 is 0 Å². The number of rotatable bonds is 12. The Bertz CT molecular complexity index is 1550. The monoisotopic (exact) mass is 613 g/mol. The van der Waals surface area contributed by atoms with E-state index in [1.54, 1.807) is 31.2 Å². The molecule has 0 aliphatic carbocycles. The molecule has 0 saturated heterocycles. The van der Waals surface area contributed by atoms with Crippen LogP contribution in [0.4, 0.5) is 10.1 Å². The first-order chi connectivity index (χ1) is 20.5. The largest absolute Gasteiger partial charge is 0.497 e. The van der Waals surface area contributed by atoms with Gasteiger partial charge in [0.2, 0.25) is 11.8 Å². The van der Waals surface area contributed by atoms with E-state index in [2.05, 4.69) is 5.32 Å². The molecular formula is C31H36FN3O7S. The highest BCUT2D eigenvalue weighted by molar-refractivity contribution is 7.92. The summed E-state index contributed by atoms with van der Waals surface area (Å²) in [5.74, 6) is -0.327. The Morgan fingerprint density at radius 3 is 2.35 bits per heavy atom. The number of amides is 2. The van der Waals surface area contributed by atoms with Crippen LogP contribution < -0.4 is 23.8 Å². The van der Waals surface area contributed by atoms with Crippen molar-refractivity contribution in [3.05, 3.63) is 78.1 Å². The van der Waals surface area contributed by atoms with Gasteiger partial charge in [0.15, 0.2) is 11.5 Å². The van der Waals surface area contributed by atoms with Crippen LogP contribution in [0.1, 0.15) is 32.8 Å². The number of carbonyl (C=O) groups excluding carboxylic acids is 2. The van der Waals surface area contributed by atoms with E-state index in [4.69, 9.17) is 14.2 Å². The van der Waals surface area contributed by atoms with Crippen molar-refractivity contribution in [3.63, 3.8) is 0 Å². The summed E-state index contributed by atoms with van der Waals surface area (Å²) in [5, 5.41) is 2.86. The predicted molar refractivity (Wildman–Crippen MR) is 159 cm³/mol. The summed E-state index contributed by atoms with van der Waals surface area (Å²) in [4.78, 5) is 28.6. The first-order valence-corrected chi connectivity index (χ1v) is 15.4. The summed E-state index contributed by atoms with van der Waals surface area (Å²) >= 11 is 0. The molecule has 1 N–H and O–H groups in total. The van der Waals surface area contributed by atoms with Crippen molar-refractivity contribution in [3.8, 4) is 17.2 Å². The summed E-state index contributed by atoms with van der Waals surface area (Å²) in [5.41, 5.74) is 0.761. The van der Waals surface area contributed by atoms with E-state index < -0.39 is 34.3 Å². The number of nitrogens with zero attached hydrogens (tertiary/aromatic N) is 2. The van der Waals surface area contributed by atoms with Gasteiger partial charge >= 0.3 is 0 Å². The number of hydrogen-bond acceptors (Lipinski definition) is 7. The van der Waals surface area contributed by atoms with E-state index in [1.807, 2.05) is 13.8 Å². The van der Waals surface area contributed by atoms with Gasteiger partial charge < -0.3 is 24.4 Å². The number of hydrogen-bond donors (Lipinski definition) is 1. The van der Waals surface area contributed by atoms with E-state index in [0.29, 0.717) is 23.7 Å². The Labute approximate surface area is 251 Å². The van der Waals surface area contributed by atoms with Crippen LogP contribution in [-0.4, -0.2) is 64.1 Å². The minimum atomic E-state index is -4.38. The summed E-state index contributed by atoms with van der Waals surface area (Å²) in [6.07, 6.45) is 0.278. The summed E-state index contributed by atoms with van der Waals surface area (Å²) in [6.45, 7) is 5.36. The number of sulfonamides is 1. The van der Waals surface area contributed by atoms with Crippen LogP contribution in [0.15, 0.2) is 71.6 Å². The Morgan fingerprint density at radius 2 is 1.70 bits per heavy atom. The average Bonchev–Trinajstić information content (AvgIpc) is 2.99. The van der Waals surface area contributed by atoms with Crippen molar-refractivity contribution >= 4 is 27.5 Å². The zero-order valence-corrected chi connectivity index (χ0v) is 25.4. The van der Waals surface area contributed by atoms with Gasteiger partial charge in [-0.15, -0.1) is 0 Å². The number of methoxy groups -OCH3 is 1. The van der Waals surface area contributed by atoms with Crippen molar-refractivity contribution < 1.29 is 36.6 Å². The van der Waals surface area contributed by atoms with E-state index in [1.165, 1.54) is 42.3 Å². The molecule has 12 heteroatoms. The van der Waals surface area contributed by atoms with Gasteiger partial charge in [0.05, 0.1) is 17.7 Å². The van der Waals surface area contributed by atoms with Crippen molar-refractivity contribution in [2.45, 2.75) is 50.7 Å². The molecule has 1 atom stereocenters. The molecule has 0 spiro atoms. The van der Waals surface area contributed by atoms with Crippen LogP contribution in [0.5, 0.6) is 17.2 Å². The maximum atomic E-state index is 14.1. The lowest BCUT2D eigenvalue weighted by molar-refractivity contribution is -0.140. The fraction of sp³-hybridized carbons (Fsp3) is 0.355. The standard InChI is InChI=1S/C31H36FN3O7S/c1-5-27(31(37)33-21(2)3)34(19-22-7-6-8-25(17-22)40-4)30(36)20-35(24-11-9-23(32)10-12-24)43(38,39)26-13-14-28-29(18-26)42-16-15-41-28/h6-14,17-18,21,27H,5,15-16,19-20H2,1-4H3,(H,33,37). The molecule has 1 aliphatic heterocycles.